The minimum absolute atomic E-state index is 0.348. The number of H-pyrrole nitrogens is 1. The third-order valence-corrected chi connectivity index (χ3v) is 5.86. The average Bonchev–Trinajstić information content (AvgIpc) is 3.04. The molecule has 2 N–H and O–H groups in total. The van der Waals surface area contributed by atoms with E-state index in [1.54, 1.807) is 0 Å². The number of aliphatic hydroxyl groups excluding tert-OH is 1. The van der Waals surface area contributed by atoms with Crippen molar-refractivity contribution in [3.8, 4) is 5.75 Å². The fraction of sp³-hybridized carbons (Fsp3) is 0.364. The minimum Gasteiger partial charge on any atom is -0.491 e. The van der Waals surface area contributed by atoms with Gasteiger partial charge in [-0.25, -0.2) is 0 Å². The number of halogens is 1. The van der Waals surface area contributed by atoms with E-state index < -0.39 is 6.10 Å². The molecule has 0 radical (unpaired) electrons. The predicted octanol–water partition coefficient (Wildman–Crippen LogP) is 5.55. The third-order valence-electron chi connectivity index (χ3n) is 5.37. The normalized spacial score (nSPS) is 17.9. The predicted molar refractivity (Wildman–Crippen MR) is 109 cm³/mol. The van der Waals surface area contributed by atoms with Gasteiger partial charge in [0.15, 0.2) is 0 Å². The van der Waals surface area contributed by atoms with Gasteiger partial charge in [0.1, 0.15) is 12.4 Å². The van der Waals surface area contributed by atoms with Gasteiger partial charge < -0.3 is 14.8 Å². The molecule has 0 bridgehead atoms. The number of nitrogens with one attached hydrogen (secondary N) is 1. The van der Waals surface area contributed by atoms with Gasteiger partial charge >= 0.3 is 0 Å². The molecule has 1 aromatic heterocycles. The zero-order chi connectivity index (χ0) is 18.1. The first-order chi connectivity index (χ1) is 12.7. The Balaban J connectivity index is 1.60. The van der Waals surface area contributed by atoms with E-state index >= 15 is 0 Å². The van der Waals surface area contributed by atoms with Crippen molar-refractivity contribution in [1.82, 2.24) is 4.98 Å². The zero-order valence-electron chi connectivity index (χ0n) is 15.0. The van der Waals surface area contributed by atoms with Crippen molar-refractivity contribution < 1.29 is 9.84 Å². The minimum atomic E-state index is -0.402. The van der Waals surface area contributed by atoms with Crippen LogP contribution in [0.15, 0.2) is 46.9 Å². The molecule has 0 fully saturated rings. The summed E-state index contributed by atoms with van der Waals surface area (Å²) in [5.74, 6) is 1.22. The lowest BCUT2D eigenvalue weighted by atomic mass is 9.82. The summed E-state index contributed by atoms with van der Waals surface area (Å²) in [5.41, 5.74) is 5.36. The van der Waals surface area contributed by atoms with Gasteiger partial charge in [-0.3, -0.25) is 0 Å². The highest BCUT2D eigenvalue weighted by molar-refractivity contribution is 9.10. The van der Waals surface area contributed by atoms with E-state index in [0.717, 1.165) is 23.1 Å². The van der Waals surface area contributed by atoms with Crippen molar-refractivity contribution >= 4 is 26.8 Å². The molecule has 2 unspecified atom stereocenters. The van der Waals surface area contributed by atoms with Gasteiger partial charge in [-0.05, 0) is 67.1 Å². The van der Waals surface area contributed by atoms with Gasteiger partial charge in [-0.15, -0.1) is 0 Å². The number of aryl methyl sites for hydroxylation is 1. The second-order valence-corrected chi connectivity index (χ2v) is 8.01. The molecule has 26 heavy (non-hydrogen) atoms. The van der Waals surface area contributed by atoms with Crippen LogP contribution < -0.4 is 4.74 Å². The summed E-state index contributed by atoms with van der Waals surface area (Å²) in [5, 5.41) is 11.0. The molecule has 136 valence electrons. The molecule has 4 heteroatoms. The summed E-state index contributed by atoms with van der Waals surface area (Å²) in [6.45, 7) is 2.30. The summed E-state index contributed by atoms with van der Waals surface area (Å²) in [4.78, 5) is 3.67. The second-order valence-electron chi connectivity index (χ2n) is 7.09. The molecule has 4 rings (SSSR count). The topological polar surface area (TPSA) is 45.2 Å². The molecule has 3 nitrogen and oxygen atoms in total. The Morgan fingerprint density at radius 3 is 2.81 bits per heavy atom. The molecular formula is C22H24BrNO2. The number of aromatic nitrogens is 1. The monoisotopic (exact) mass is 413 g/mol. The van der Waals surface area contributed by atoms with Crippen LogP contribution in [-0.2, 0) is 6.42 Å². The number of benzene rings is 2. The Bertz CT molecular complexity index is 900. The van der Waals surface area contributed by atoms with Crippen LogP contribution in [0.2, 0.25) is 0 Å². The van der Waals surface area contributed by atoms with E-state index in [9.17, 15) is 5.11 Å². The number of hydrogen-bond acceptors (Lipinski definition) is 2. The van der Waals surface area contributed by atoms with Gasteiger partial charge in [0, 0.05) is 27.0 Å². The number of fused-ring (bicyclic) bond motifs is 3. The lowest BCUT2D eigenvalue weighted by Crippen LogP contribution is -2.16. The summed E-state index contributed by atoms with van der Waals surface area (Å²) < 4.78 is 6.80. The standard InChI is InChI=1S/C22H24BrNO2/c1-2-16(25)13-26-17-9-6-14(7-10-17)18-4-3-5-19-20-12-15(23)8-11-21(20)24-22(18)19/h6-12,16,18,24-25H,2-5,13H2,1H3. The van der Waals surface area contributed by atoms with E-state index in [-0.39, 0.29) is 0 Å². The molecule has 1 aliphatic carbocycles. The van der Waals surface area contributed by atoms with E-state index in [1.165, 1.54) is 34.1 Å². The Hall–Kier alpha value is -1.78. The molecule has 0 spiro atoms. The fourth-order valence-corrected chi connectivity index (χ4v) is 4.24. The van der Waals surface area contributed by atoms with Crippen LogP contribution in [0.1, 0.15) is 48.9 Å². The highest BCUT2D eigenvalue weighted by atomic mass is 79.9. The summed E-state index contributed by atoms with van der Waals surface area (Å²) in [7, 11) is 0. The maximum Gasteiger partial charge on any atom is 0.119 e. The van der Waals surface area contributed by atoms with Crippen molar-refractivity contribution in [3.05, 3.63) is 63.8 Å². The molecule has 0 saturated heterocycles. The van der Waals surface area contributed by atoms with Gasteiger partial charge in [0.2, 0.25) is 0 Å². The number of rotatable bonds is 5. The largest absolute Gasteiger partial charge is 0.491 e. The number of aliphatic hydroxyl groups is 1. The fourth-order valence-electron chi connectivity index (χ4n) is 3.87. The average molecular weight is 414 g/mol. The zero-order valence-corrected chi connectivity index (χ0v) is 16.6. The number of hydrogen-bond donors (Lipinski definition) is 2. The molecule has 3 aromatic rings. The Morgan fingerprint density at radius 2 is 2.04 bits per heavy atom. The van der Waals surface area contributed by atoms with E-state index in [0.29, 0.717) is 18.9 Å². The van der Waals surface area contributed by atoms with Crippen molar-refractivity contribution in [2.45, 2.75) is 44.6 Å². The number of aromatic amines is 1. The first-order valence-corrected chi connectivity index (χ1v) is 10.2. The van der Waals surface area contributed by atoms with Crippen molar-refractivity contribution in [2.24, 2.45) is 0 Å². The van der Waals surface area contributed by atoms with Gasteiger partial charge in [0.05, 0.1) is 6.10 Å². The molecule has 0 saturated carbocycles. The molecule has 2 aromatic carbocycles. The molecule has 2 atom stereocenters. The summed E-state index contributed by atoms with van der Waals surface area (Å²) in [6.07, 6.45) is 3.81. The van der Waals surface area contributed by atoms with Gasteiger partial charge in [0.25, 0.3) is 0 Å². The number of ether oxygens (including phenoxy) is 1. The summed E-state index contributed by atoms with van der Waals surface area (Å²) >= 11 is 3.60. The van der Waals surface area contributed by atoms with E-state index in [4.69, 9.17) is 4.74 Å². The maximum absolute atomic E-state index is 9.64. The smallest absolute Gasteiger partial charge is 0.119 e. The summed E-state index contributed by atoms with van der Waals surface area (Å²) in [6, 6.07) is 14.8. The maximum atomic E-state index is 9.64. The highest BCUT2D eigenvalue weighted by Crippen LogP contribution is 2.40. The highest BCUT2D eigenvalue weighted by Gasteiger charge is 2.25. The van der Waals surface area contributed by atoms with E-state index in [2.05, 4.69) is 51.2 Å². The second kappa shape index (κ2) is 7.45. The van der Waals surface area contributed by atoms with Crippen LogP contribution >= 0.6 is 15.9 Å². The Labute approximate surface area is 162 Å². The van der Waals surface area contributed by atoms with Crippen LogP contribution in [0, 0.1) is 0 Å². The Kier molecular flexibility index (Phi) is 5.05. The van der Waals surface area contributed by atoms with Crippen LogP contribution in [0.25, 0.3) is 10.9 Å². The van der Waals surface area contributed by atoms with Gasteiger partial charge in [-0.1, -0.05) is 35.0 Å². The van der Waals surface area contributed by atoms with Crippen LogP contribution in [-0.4, -0.2) is 22.8 Å². The van der Waals surface area contributed by atoms with Crippen molar-refractivity contribution in [1.29, 1.82) is 0 Å². The van der Waals surface area contributed by atoms with Crippen molar-refractivity contribution in [3.63, 3.8) is 0 Å². The molecular weight excluding hydrogens is 390 g/mol. The van der Waals surface area contributed by atoms with Gasteiger partial charge in [-0.2, -0.15) is 0 Å². The van der Waals surface area contributed by atoms with Crippen LogP contribution in [0.5, 0.6) is 5.75 Å². The molecule has 0 aliphatic heterocycles. The first kappa shape index (κ1) is 17.6. The quantitative estimate of drug-likeness (QED) is 0.575. The molecule has 1 heterocycles. The van der Waals surface area contributed by atoms with Crippen LogP contribution in [0.4, 0.5) is 0 Å². The molecule has 1 aliphatic rings. The molecule has 0 amide bonds. The first-order valence-electron chi connectivity index (χ1n) is 9.36. The van der Waals surface area contributed by atoms with E-state index in [1.807, 2.05) is 19.1 Å². The van der Waals surface area contributed by atoms with Crippen LogP contribution in [0.3, 0.4) is 0 Å². The lowest BCUT2D eigenvalue weighted by molar-refractivity contribution is 0.104. The van der Waals surface area contributed by atoms with Crippen molar-refractivity contribution in [2.75, 3.05) is 6.61 Å². The lowest BCUT2D eigenvalue weighted by Gasteiger charge is -2.23. The Morgan fingerprint density at radius 1 is 1.23 bits per heavy atom. The third kappa shape index (κ3) is 3.40. The SMILES string of the molecule is CCC(O)COc1ccc(C2CCCc3c2[nH]c2ccc(Br)cc32)cc1.